The van der Waals surface area contributed by atoms with Gasteiger partial charge in [0, 0.05) is 17.4 Å². The number of carbonyl (C=O) groups is 1. The number of benzene rings is 1. The van der Waals surface area contributed by atoms with Gasteiger partial charge in [0.2, 0.25) is 0 Å². The molecule has 0 N–H and O–H groups in total. The predicted molar refractivity (Wildman–Crippen MR) is 59.9 cm³/mol. The van der Waals surface area contributed by atoms with E-state index in [1.165, 1.54) is 0 Å². The number of hydrogen-bond acceptors (Lipinski definition) is 1. The van der Waals surface area contributed by atoms with Crippen LogP contribution in [0.1, 0.15) is 30.6 Å². The molecule has 1 unspecified atom stereocenters. The fourth-order valence-corrected chi connectivity index (χ4v) is 1.29. The van der Waals surface area contributed by atoms with E-state index in [1.807, 2.05) is 44.2 Å². The van der Waals surface area contributed by atoms with Gasteiger partial charge >= 0.3 is 0 Å². The van der Waals surface area contributed by atoms with Crippen LogP contribution in [0.15, 0.2) is 30.3 Å². The zero-order valence-corrected chi connectivity index (χ0v) is 9.29. The van der Waals surface area contributed by atoms with E-state index in [-0.39, 0.29) is 11.2 Å². The van der Waals surface area contributed by atoms with Gasteiger partial charge in [-0.3, -0.25) is 4.79 Å². The molecule has 1 nitrogen and oxygen atoms in total. The summed E-state index contributed by atoms with van der Waals surface area (Å²) in [6.07, 6.45) is 0.420. The summed E-state index contributed by atoms with van der Waals surface area (Å²) in [5.74, 6) is 0.462. The van der Waals surface area contributed by atoms with Gasteiger partial charge in [-0.15, -0.1) is 11.6 Å². The van der Waals surface area contributed by atoms with Gasteiger partial charge in [-0.25, -0.2) is 0 Å². The highest BCUT2D eigenvalue weighted by Gasteiger charge is 2.15. The smallest absolute Gasteiger partial charge is 0.164 e. The molecule has 1 rings (SSSR count). The first-order valence-corrected chi connectivity index (χ1v) is 5.27. The van der Waals surface area contributed by atoms with Crippen molar-refractivity contribution in [3.05, 3.63) is 35.9 Å². The quantitative estimate of drug-likeness (QED) is 0.549. The molecule has 0 aliphatic rings. The fraction of sp³-hybridized carbons (Fsp3) is 0.417. The van der Waals surface area contributed by atoms with Crippen molar-refractivity contribution in [2.75, 3.05) is 0 Å². The van der Waals surface area contributed by atoms with Gasteiger partial charge < -0.3 is 0 Å². The Morgan fingerprint density at radius 3 is 2.36 bits per heavy atom. The topological polar surface area (TPSA) is 17.1 Å². The van der Waals surface area contributed by atoms with Crippen molar-refractivity contribution in [1.29, 1.82) is 0 Å². The van der Waals surface area contributed by atoms with Crippen molar-refractivity contribution in [1.82, 2.24) is 0 Å². The molecule has 0 aromatic heterocycles. The van der Waals surface area contributed by atoms with Gasteiger partial charge in [-0.05, 0) is 5.92 Å². The number of carbonyl (C=O) groups excluding carboxylic acids is 1. The van der Waals surface area contributed by atoms with E-state index >= 15 is 0 Å². The van der Waals surface area contributed by atoms with E-state index in [9.17, 15) is 4.79 Å². The Kier molecular flexibility index (Phi) is 4.15. The first-order chi connectivity index (χ1) is 6.61. The maximum Gasteiger partial charge on any atom is 0.164 e. The molecule has 1 aromatic carbocycles. The average molecular weight is 211 g/mol. The van der Waals surface area contributed by atoms with Gasteiger partial charge in [0.25, 0.3) is 0 Å². The number of ketones is 1. The summed E-state index contributed by atoms with van der Waals surface area (Å²) in [5.41, 5.74) is 0.749. The first-order valence-electron chi connectivity index (χ1n) is 4.83. The highest BCUT2D eigenvalue weighted by Crippen LogP contribution is 2.16. The summed E-state index contributed by atoms with van der Waals surface area (Å²) in [4.78, 5) is 11.7. The number of halogens is 1. The van der Waals surface area contributed by atoms with Crippen LogP contribution in [-0.4, -0.2) is 11.2 Å². The largest absolute Gasteiger partial charge is 0.294 e. The molecule has 76 valence electrons. The first kappa shape index (κ1) is 11.3. The van der Waals surface area contributed by atoms with Crippen molar-refractivity contribution in [2.45, 2.75) is 25.6 Å². The summed E-state index contributed by atoms with van der Waals surface area (Å²) in [7, 11) is 0. The Balaban J connectivity index is 2.60. The maximum atomic E-state index is 11.7. The predicted octanol–water partition coefficient (Wildman–Crippen LogP) is 3.52. The Morgan fingerprint density at radius 1 is 1.29 bits per heavy atom. The van der Waals surface area contributed by atoms with E-state index in [0.717, 1.165) is 5.56 Å². The van der Waals surface area contributed by atoms with Crippen molar-refractivity contribution in [2.24, 2.45) is 5.92 Å². The van der Waals surface area contributed by atoms with Gasteiger partial charge in [0.05, 0.1) is 0 Å². The minimum atomic E-state index is -0.0669. The molecule has 2 heteroatoms. The van der Waals surface area contributed by atoms with Crippen LogP contribution in [0.3, 0.4) is 0 Å². The second-order valence-electron chi connectivity index (χ2n) is 3.75. The lowest BCUT2D eigenvalue weighted by molar-refractivity contribution is 0.0977. The summed E-state index contributed by atoms with van der Waals surface area (Å²) in [6.45, 7) is 4.05. The second kappa shape index (κ2) is 5.16. The van der Waals surface area contributed by atoms with E-state index < -0.39 is 0 Å². The van der Waals surface area contributed by atoms with Crippen LogP contribution >= 0.6 is 11.6 Å². The molecular weight excluding hydrogens is 196 g/mol. The molecule has 0 saturated carbocycles. The Bertz CT molecular complexity index is 292. The van der Waals surface area contributed by atoms with Gasteiger partial charge in [0.15, 0.2) is 5.78 Å². The van der Waals surface area contributed by atoms with Gasteiger partial charge in [0.1, 0.15) is 0 Å². The molecule has 1 atom stereocenters. The van der Waals surface area contributed by atoms with Crippen LogP contribution in [0.4, 0.5) is 0 Å². The molecule has 0 spiro atoms. The standard InChI is InChI=1S/C12H15ClO/c1-9(2)11(13)8-12(14)10-6-4-3-5-7-10/h3-7,9,11H,8H2,1-2H3. The molecular formula is C12H15ClO. The zero-order chi connectivity index (χ0) is 10.6. The molecule has 0 heterocycles. The van der Waals surface area contributed by atoms with E-state index in [0.29, 0.717) is 12.3 Å². The minimum Gasteiger partial charge on any atom is -0.294 e. The second-order valence-corrected chi connectivity index (χ2v) is 4.31. The van der Waals surface area contributed by atoms with Crippen molar-refractivity contribution < 1.29 is 4.79 Å². The monoisotopic (exact) mass is 210 g/mol. The highest BCUT2D eigenvalue weighted by molar-refractivity contribution is 6.22. The molecule has 1 aromatic rings. The Hall–Kier alpha value is -0.820. The molecule has 0 amide bonds. The van der Waals surface area contributed by atoms with E-state index in [1.54, 1.807) is 0 Å². The van der Waals surface area contributed by atoms with Gasteiger partial charge in [-0.1, -0.05) is 44.2 Å². The molecule has 0 radical (unpaired) electrons. The molecule has 0 fully saturated rings. The van der Waals surface area contributed by atoms with E-state index in [2.05, 4.69) is 0 Å². The normalized spacial score (nSPS) is 12.9. The summed E-state index contributed by atoms with van der Waals surface area (Å²) in [5, 5.41) is -0.0669. The minimum absolute atomic E-state index is 0.0669. The summed E-state index contributed by atoms with van der Waals surface area (Å²) < 4.78 is 0. The Morgan fingerprint density at radius 2 is 1.86 bits per heavy atom. The lowest BCUT2D eigenvalue weighted by Gasteiger charge is -2.11. The number of alkyl halides is 1. The van der Waals surface area contributed by atoms with Crippen LogP contribution in [0.2, 0.25) is 0 Å². The van der Waals surface area contributed by atoms with Crippen LogP contribution in [-0.2, 0) is 0 Å². The van der Waals surface area contributed by atoms with Crippen molar-refractivity contribution >= 4 is 17.4 Å². The zero-order valence-electron chi connectivity index (χ0n) is 8.53. The third-order valence-corrected chi connectivity index (χ3v) is 2.86. The number of Topliss-reactive ketones (excluding diaryl/α,β-unsaturated/α-hetero) is 1. The van der Waals surface area contributed by atoms with Crippen molar-refractivity contribution in [3.8, 4) is 0 Å². The fourth-order valence-electron chi connectivity index (χ4n) is 1.15. The third-order valence-electron chi connectivity index (χ3n) is 2.20. The van der Waals surface area contributed by atoms with Crippen LogP contribution in [0, 0.1) is 5.92 Å². The summed E-state index contributed by atoms with van der Waals surface area (Å²) in [6, 6.07) is 9.29. The van der Waals surface area contributed by atoms with E-state index in [4.69, 9.17) is 11.6 Å². The SMILES string of the molecule is CC(C)C(Cl)CC(=O)c1ccccc1. The lowest BCUT2D eigenvalue weighted by Crippen LogP contribution is -2.13. The van der Waals surface area contributed by atoms with Crippen molar-refractivity contribution in [3.63, 3.8) is 0 Å². The molecule has 0 aliphatic carbocycles. The third kappa shape index (κ3) is 3.15. The number of rotatable bonds is 4. The van der Waals surface area contributed by atoms with Crippen LogP contribution in [0.25, 0.3) is 0 Å². The highest BCUT2D eigenvalue weighted by atomic mass is 35.5. The lowest BCUT2D eigenvalue weighted by atomic mass is 10.0. The molecule has 0 saturated heterocycles. The molecule has 0 aliphatic heterocycles. The average Bonchev–Trinajstić information content (AvgIpc) is 2.19. The van der Waals surface area contributed by atoms with Crippen LogP contribution in [0.5, 0.6) is 0 Å². The van der Waals surface area contributed by atoms with Crippen LogP contribution < -0.4 is 0 Å². The maximum absolute atomic E-state index is 11.7. The van der Waals surface area contributed by atoms with Gasteiger partial charge in [-0.2, -0.15) is 0 Å². The molecule has 0 bridgehead atoms. The summed E-state index contributed by atoms with van der Waals surface area (Å²) >= 11 is 6.04. The number of hydrogen-bond donors (Lipinski definition) is 0. The molecule has 14 heavy (non-hydrogen) atoms. The Labute approximate surface area is 90.1 Å².